The number of azide groups is 1. The van der Waals surface area contributed by atoms with Crippen LogP contribution in [0.15, 0.2) is 33.8 Å². The third-order valence-corrected chi connectivity index (χ3v) is 2.54. The molecule has 1 aromatic carbocycles. The van der Waals surface area contributed by atoms with Crippen molar-refractivity contribution >= 4 is 6.01 Å². The van der Waals surface area contributed by atoms with Crippen molar-refractivity contribution in [3.8, 4) is 11.5 Å². The van der Waals surface area contributed by atoms with Crippen LogP contribution in [0.1, 0.15) is 26.3 Å². The summed E-state index contributed by atoms with van der Waals surface area (Å²) in [7, 11) is 0. The highest BCUT2D eigenvalue weighted by Crippen LogP contribution is 2.26. The van der Waals surface area contributed by atoms with E-state index in [0.717, 1.165) is 5.56 Å². The molecule has 18 heavy (non-hydrogen) atoms. The van der Waals surface area contributed by atoms with Gasteiger partial charge in [-0.2, -0.15) is 0 Å². The van der Waals surface area contributed by atoms with Crippen LogP contribution in [0.3, 0.4) is 0 Å². The van der Waals surface area contributed by atoms with Crippen LogP contribution in [-0.4, -0.2) is 10.2 Å². The zero-order chi connectivity index (χ0) is 13.2. The first-order valence-electron chi connectivity index (χ1n) is 5.50. The highest BCUT2D eigenvalue weighted by molar-refractivity contribution is 5.54. The summed E-state index contributed by atoms with van der Waals surface area (Å²) in [6.07, 6.45) is 0. The van der Waals surface area contributed by atoms with Crippen LogP contribution in [-0.2, 0) is 5.41 Å². The summed E-state index contributed by atoms with van der Waals surface area (Å²) < 4.78 is 5.19. The smallest absolute Gasteiger partial charge is 0.304 e. The lowest BCUT2D eigenvalue weighted by molar-refractivity contribution is 0.577. The molecule has 2 aromatic rings. The van der Waals surface area contributed by atoms with Gasteiger partial charge in [-0.25, -0.2) is 0 Å². The van der Waals surface area contributed by atoms with Crippen LogP contribution in [0, 0.1) is 0 Å². The minimum Gasteiger partial charge on any atom is -0.415 e. The molecular formula is C12H13N5O. The minimum atomic E-state index is -0.0765. The third kappa shape index (κ3) is 2.49. The lowest BCUT2D eigenvalue weighted by Gasteiger charge is -2.18. The Bertz CT molecular complexity index is 588. The molecule has 0 spiro atoms. The predicted molar refractivity (Wildman–Crippen MR) is 67.2 cm³/mol. The highest BCUT2D eigenvalue weighted by atomic mass is 16.4. The first-order chi connectivity index (χ1) is 8.50. The van der Waals surface area contributed by atoms with Crippen molar-refractivity contribution in [2.24, 2.45) is 5.11 Å². The molecule has 0 aliphatic heterocycles. The molecule has 0 radical (unpaired) electrons. The summed E-state index contributed by atoms with van der Waals surface area (Å²) in [5, 5.41) is 10.7. The molecule has 92 valence electrons. The number of nitrogens with zero attached hydrogens (tertiary/aromatic N) is 5. The van der Waals surface area contributed by atoms with Crippen molar-refractivity contribution in [2.75, 3.05) is 0 Å². The predicted octanol–water partition coefficient (Wildman–Crippen LogP) is 3.98. The molecule has 6 heteroatoms. The van der Waals surface area contributed by atoms with Gasteiger partial charge < -0.3 is 4.42 Å². The third-order valence-electron chi connectivity index (χ3n) is 2.54. The Morgan fingerprint density at radius 3 is 2.39 bits per heavy atom. The van der Waals surface area contributed by atoms with E-state index in [0.29, 0.717) is 5.89 Å². The SMILES string of the molecule is CC(C)(C)c1ccc(-c2nnc(N=[N+]=[N-])o2)cc1. The molecule has 2 rings (SSSR count). The van der Waals surface area contributed by atoms with Crippen LogP contribution in [0.5, 0.6) is 0 Å². The Balaban J connectivity index is 2.31. The maximum absolute atomic E-state index is 8.26. The second-order valence-corrected chi connectivity index (χ2v) is 4.91. The minimum absolute atomic E-state index is 0.0765. The Hall–Kier alpha value is -2.33. The average Bonchev–Trinajstić information content (AvgIpc) is 2.77. The molecule has 0 bridgehead atoms. The zero-order valence-corrected chi connectivity index (χ0v) is 10.5. The molecule has 1 heterocycles. The molecule has 0 saturated carbocycles. The molecular weight excluding hydrogens is 230 g/mol. The topological polar surface area (TPSA) is 87.7 Å². The number of hydrogen-bond acceptors (Lipinski definition) is 4. The molecule has 0 saturated heterocycles. The number of aromatic nitrogens is 2. The van der Waals surface area contributed by atoms with Crippen LogP contribution in [0.2, 0.25) is 0 Å². The van der Waals surface area contributed by atoms with E-state index in [9.17, 15) is 0 Å². The number of benzene rings is 1. The molecule has 6 nitrogen and oxygen atoms in total. The van der Waals surface area contributed by atoms with Gasteiger partial charge in [0.2, 0.25) is 5.89 Å². The van der Waals surface area contributed by atoms with Gasteiger partial charge in [0, 0.05) is 15.6 Å². The van der Waals surface area contributed by atoms with Crippen molar-refractivity contribution in [2.45, 2.75) is 26.2 Å². The fourth-order valence-corrected chi connectivity index (χ4v) is 1.52. The van der Waals surface area contributed by atoms with Gasteiger partial charge in [0.25, 0.3) is 0 Å². The standard InChI is InChI=1S/C12H13N5O/c1-12(2,3)9-6-4-8(5-7-9)10-14-15-11(18-10)16-17-13/h4-7H,1-3H3. The van der Waals surface area contributed by atoms with Gasteiger partial charge in [-0.1, -0.05) is 32.9 Å². The van der Waals surface area contributed by atoms with E-state index in [1.54, 1.807) is 0 Å². The van der Waals surface area contributed by atoms with Gasteiger partial charge in [0.05, 0.1) is 0 Å². The fraction of sp³-hybridized carbons (Fsp3) is 0.333. The van der Waals surface area contributed by atoms with Crippen molar-refractivity contribution in [3.05, 3.63) is 40.3 Å². The molecule has 0 amide bonds. The Kier molecular flexibility index (Phi) is 3.04. The quantitative estimate of drug-likeness (QED) is 0.454. The second kappa shape index (κ2) is 4.50. The molecule has 0 aliphatic carbocycles. The largest absolute Gasteiger partial charge is 0.415 e. The highest BCUT2D eigenvalue weighted by Gasteiger charge is 2.14. The van der Waals surface area contributed by atoms with Crippen molar-refractivity contribution in [1.29, 1.82) is 0 Å². The van der Waals surface area contributed by atoms with Crippen LogP contribution < -0.4 is 0 Å². The lowest BCUT2D eigenvalue weighted by Crippen LogP contribution is -2.10. The Morgan fingerprint density at radius 1 is 1.17 bits per heavy atom. The van der Waals surface area contributed by atoms with Gasteiger partial charge in [-0.3, -0.25) is 0 Å². The monoisotopic (exact) mass is 243 g/mol. The van der Waals surface area contributed by atoms with Gasteiger partial charge in [0.15, 0.2) is 0 Å². The van der Waals surface area contributed by atoms with Gasteiger partial charge in [-0.15, -0.1) is 10.2 Å². The van der Waals surface area contributed by atoms with Crippen molar-refractivity contribution < 1.29 is 4.42 Å². The van der Waals surface area contributed by atoms with E-state index < -0.39 is 0 Å². The second-order valence-electron chi connectivity index (χ2n) is 4.91. The number of rotatable bonds is 2. The summed E-state index contributed by atoms with van der Waals surface area (Å²) in [5.74, 6) is 0.345. The summed E-state index contributed by atoms with van der Waals surface area (Å²) in [6.45, 7) is 6.44. The summed E-state index contributed by atoms with van der Waals surface area (Å²) in [6, 6.07) is 7.79. The first kappa shape index (κ1) is 12.1. The fourth-order valence-electron chi connectivity index (χ4n) is 1.52. The van der Waals surface area contributed by atoms with Crippen molar-refractivity contribution in [3.63, 3.8) is 0 Å². The summed E-state index contributed by atoms with van der Waals surface area (Å²) in [4.78, 5) is 2.59. The van der Waals surface area contributed by atoms with E-state index in [1.807, 2.05) is 24.3 Å². The molecule has 0 fully saturated rings. The van der Waals surface area contributed by atoms with Crippen LogP contribution in [0.4, 0.5) is 6.01 Å². The van der Waals surface area contributed by atoms with E-state index in [1.165, 1.54) is 5.56 Å². The normalized spacial score (nSPS) is 11.1. The van der Waals surface area contributed by atoms with Crippen molar-refractivity contribution in [1.82, 2.24) is 10.2 Å². The van der Waals surface area contributed by atoms with E-state index in [4.69, 9.17) is 9.95 Å². The first-order valence-corrected chi connectivity index (χ1v) is 5.50. The van der Waals surface area contributed by atoms with Gasteiger partial charge in [-0.05, 0) is 28.6 Å². The Labute approximate surface area is 104 Å². The zero-order valence-electron chi connectivity index (χ0n) is 10.5. The van der Waals surface area contributed by atoms with E-state index in [2.05, 4.69) is 41.0 Å². The number of hydrogen-bond donors (Lipinski definition) is 0. The lowest BCUT2D eigenvalue weighted by atomic mass is 9.87. The van der Waals surface area contributed by atoms with E-state index in [-0.39, 0.29) is 11.4 Å². The van der Waals surface area contributed by atoms with Crippen LogP contribution >= 0.6 is 0 Å². The maximum atomic E-state index is 8.26. The summed E-state index contributed by atoms with van der Waals surface area (Å²) in [5.41, 5.74) is 10.4. The van der Waals surface area contributed by atoms with Gasteiger partial charge >= 0.3 is 6.01 Å². The van der Waals surface area contributed by atoms with Crippen LogP contribution in [0.25, 0.3) is 21.9 Å². The molecule has 0 unspecified atom stereocenters. The maximum Gasteiger partial charge on any atom is 0.304 e. The molecule has 0 N–H and O–H groups in total. The molecule has 1 aromatic heterocycles. The average molecular weight is 243 g/mol. The Morgan fingerprint density at radius 2 is 1.83 bits per heavy atom. The van der Waals surface area contributed by atoms with Gasteiger partial charge in [0.1, 0.15) is 0 Å². The summed E-state index contributed by atoms with van der Waals surface area (Å²) >= 11 is 0. The molecule has 0 aliphatic rings. The molecule has 0 atom stereocenters. The van der Waals surface area contributed by atoms with E-state index >= 15 is 0 Å².